The van der Waals surface area contributed by atoms with Gasteiger partial charge in [-0.25, -0.2) is 5.90 Å². The van der Waals surface area contributed by atoms with E-state index in [0.717, 1.165) is 6.42 Å². The van der Waals surface area contributed by atoms with Crippen molar-refractivity contribution < 1.29 is 9.36 Å². The largest absolute Gasteiger partial charge is 0.339 e. The van der Waals surface area contributed by atoms with Crippen molar-refractivity contribution in [2.75, 3.05) is 0 Å². The number of rotatable bonds is 3. The Balaban J connectivity index is 2.59. The van der Waals surface area contributed by atoms with Crippen LogP contribution >= 0.6 is 0 Å². The van der Waals surface area contributed by atoms with Crippen LogP contribution in [0, 0.1) is 0 Å². The lowest BCUT2D eigenvalue weighted by molar-refractivity contribution is 0.116. The number of hydrogen-bond donors (Lipinski definition) is 1. The van der Waals surface area contributed by atoms with Gasteiger partial charge in [-0.05, 0) is 0 Å². The van der Waals surface area contributed by atoms with Gasteiger partial charge in [-0.15, -0.1) is 0 Å². The maximum absolute atomic E-state index is 4.79. The molecule has 10 heavy (non-hydrogen) atoms. The van der Waals surface area contributed by atoms with Crippen molar-refractivity contribution in [1.82, 2.24) is 10.1 Å². The van der Waals surface area contributed by atoms with Gasteiger partial charge in [-0.2, -0.15) is 4.98 Å². The summed E-state index contributed by atoms with van der Waals surface area (Å²) in [7, 11) is 0. The third-order valence-electron chi connectivity index (χ3n) is 1.03. The summed E-state index contributed by atoms with van der Waals surface area (Å²) >= 11 is 0. The fraction of sp³-hybridized carbons (Fsp3) is 0.600. The Hall–Kier alpha value is -0.940. The van der Waals surface area contributed by atoms with Crippen molar-refractivity contribution in [2.24, 2.45) is 5.90 Å². The van der Waals surface area contributed by atoms with E-state index in [1.807, 2.05) is 6.92 Å². The monoisotopic (exact) mass is 143 g/mol. The van der Waals surface area contributed by atoms with Crippen molar-refractivity contribution >= 4 is 0 Å². The van der Waals surface area contributed by atoms with Crippen LogP contribution in [0.2, 0.25) is 0 Å². The lowest BCUT2D eigenvalue weighted by Crippen LogP contribution is -2.00. The molecule has 0 aliphatic heterocycles. The number of aromatic nitrogens is 2. The van der Waals surface area contributed by atoms with Crippen molar-refractivity contribution in [3.63, 3.8) is 0 Å². The molecule has 0 saturated heterocycles. The lowest BCUT2D eigenvalue weighted by atomic mass is 10.5. The van der Waals surface area contributed by atoms with Crippen LogP contribution in [0.5, 0.6) is 0 Å². The molecule has 1 heterocycles. The minimum Gasteiger partial charge on any atom is -0.339 e. The summed E-state index contributed by atoms with van der Waals surface area (Å²) in [5.74, 6) is 5.88. The maximum atomic E-state index is 4.79. The van der Waals surface area contributed by atoms with E-state index in [4.69, 9.17) is 10.4 Å². The molecule has 0 spiro atoms. The van der Waals surface area contributed by atoms with E-state index in [1.165, 1.54) is 0 Å². The molecule has 0 unspecified atom stereocenters. The van der Waals surface area contributed by atoms with Crippen LogP contribution in [0.4, 0.5) is 0 Å². The normalized spacial score (nSPS) is 10.2. The smallest absolute Gasteiger partial charge is 0.226 e. The van der Waals surface area contributed by atoms with Crippen LogP contribution in [0.3, 0.4) is 0 Å². The first-order valence-electron chi connectivity index (χ1n) is 3.00. The highest BCUT2D eigenvalue weighted by molar-refractivity contribution is 4.82. The van der Waals surface area contributed by atoms with Crippen LogP contribution in [0.15, 0.2) is 4.52 Å². The predicted molar refractivity (Wildman–Crippen MR) is 32.7 cm³/mol. The molecule has 0 radical (unpaired) electrons. The van der Waals surface area contributed by atoms with Gasteiger partial charge in [-0.3, -0.25) is 4.84 Å². The molecule has 5 heteroatoms. The summed E-state index contributed by atoms with van der Waals surface area (Å²) in [6.07, 6.45) is 0.734. The van der Waals surface area contributed by atoms with E-state index in [-0.39, 0.29) is 6.61 Å². The second kappa shape index (κ2) is 3.28. The highest BCUT2D eigenvalue weighted by atomic mass is 16.6. The molecule has 0 fully saturated rings. The Labute approximate surface area is 58.1 Å². The lowest BCUT2D eigenvalue weighted by Gasteiger charge is -1.85. The highest BCUT2D eigenvalue weighted by Gasteiger charge is 2.01. The number of aryl methyl sites for hydroxylation is 1. The average Bonchev–Trinajstić information content (AvgIpc) is 2.37. The van der Waals surface area contributed by atoms with Crippen LogP contribution < -0.4 is 5.90 Å². The molecule has 56 valence electrons. The fourth-order valence-electron chi connectivity index (χ4n) is 0.567. The van der Waals surface area contributed by atoms with Gasteiger partial charge < -0.3 is 4.52 Å². The minimum absolute atomic E-state index is 0.198. The minimum atomic E-state index is 0.198. The van der Waals surface area contributed by atoms with Gasteiger partial charge in [0, 0.05) is 6.42 Å². The van der Waals surface area contributed by atoms with Gasteiger partial charge in [0.2, 0.25) is 5.89 Å². The summed E-state index contributed by atoms with van der Waals surface area (Å²) in [6.45, 7) is 2.13. The molecule has 2 N–H and O–H groups in total. The van der Waals surface area contributed by atoms with Gasteiger partial charge >= 0.3 is 0 Å². The van der Waals surface area contributed by atoms with E-state index in [2.05, 4.69) is 15.0 Å². The molecule has 1 rings (SSSR count). The second-order valence-electron chi connectivity index (χ2n) is 1.77. The third kappa shape index (κ3) is 1.52. The molecule has 0 amide bonds. The summed E-state index contributed by atoms with van der Waals surface area (Å²) in [4.78, 5) is 8.24. The van der Waals surface area contributed by atoms with Gasteiger partial charge in [0.05, 0.1) is 0 Å². The summed E-state index contributed by atoms with van der Waals surface area (Å²) in [5.41, 5.74) is 0. The molecule has 1 aromatic heterocycles. The molecule has 1 aromatic rings. The zero-order chi connectivity index (χ0) is 7.40. The zero-order valence-corrected chi connectivity index (χ0v) is 5.70. The quantitative estimate of drug-likeness (QED) is 0.604. The molecular formula is C5H9N3O2. The molecule has 0 aromatic carbocycles. The van der Waals surface area contributed by atoms with Gasteiger partial charge in [-0.1, -0.05) is 12.1 Å². The van der Waals surface area contributed by atoms with Crippen molar-refractivity contribution in [3.05, 3.63) is 11.7 Å². The van der Waals surface area contributed by atoms with E-state index >= 15 is 0 Å². The molecule has 5 nitrogen and oxygen atoms in total. The molecule has 0 aliphatic rings. The molecular weight excluding hydrogens is 134 g/mol. The predicted octanol–water partition coefficient (Wildman–Crippen LogP) is 0.0223. The number of hydrogen-bond acceptors (Lipinski definition) is 5. The van der Waals surface area contributed by atoms with Crippen molar-refractivity contribution in [1.29, 1.82) is 0 Å². The fourth-order valence-corrected chi connectivity index (χ4v) is 0.567. The highest BCUT2D eigenvalue weighted by Crippen LogP contribution is 1.97. The van der Waals surface area contributed by atoms with Gasteiger partial charge in [0.25, 0.3) is 0 Å². The van der Waals surface area contributed by atoms with Gasteiger partial charge in [0.1, 0.15) is 6.61 Å². The maximum Gasteiger partial charge on any atom is 0.226 e. The summed E-state index contributed by atoms with van der Waals surface area (Å²) < 4.78 is 4.77. The average molecular weight is 143 g/mol. The molecule has 0 bridgehead atoms. The zero-order valence-electron chi connectivity index (χ0n) is 5.70. The first-order valence-corrected chi connectivity index (χ1v) is 3.00. The van der Waals surface area contributed by atoms with Crippen molar-refractivity contribution in [3.8, 4) is 0 Å². The van der Waals surface area contributed by atoms with Crippen LogP contribution in [0.1, 0.15) is 18.6 Å². The Bertz CT molecular complexity index is 199. The third-order valence-corrected chi connectivity index (χ3v) is 1.03. The molecule has 0 atom stereocenters. The molecule has 0 aliphatic carbocycles. The van der Waals surface area contributed by atoms with E-state index in [9.17, 15) is 0 Å². The van der Waals surface area contributed by atoms with E-state index < -0.39 is 0 Å². The standard InChI is InChI=1S/C5H9N3O2/c1-2-5-7-4(3-9-6)8-10-5/h2-3,6H2,1H3. The second-order valence-corrected chi connectivity index (χ2v) is 1.77. The first kappa shape index (κ1) is 7.17. The topological polar surface area (TPSA) is 74.2 Å². The Morgan fingerprint density at radius 2 is 2.50 bits per heavy atom. The SMILES string of the molecule is CCc1nc(CON)no1. The van der Waals surface area contributed by atoms with Crippen LogP contribution in [-0.4, -0.2) is 10.1 Å². The van der Waals surface area contributed by atoms with E-state index in [1.54, 1.807) is 0 Å². The number of nitrogens with zero attached hydrogens (tertiary/aromatic N) is 2. The van der Waals surface area contributed by atoms with E-state index in [0.29, 0.717) is 11.7 Å². The first-order chi connectivity index (χ1) is 4.86. The van der Waals surface area contributed by atoms with Gasteiger partial charge in [0.15, 0.2) is 5.82 Å². The molecule has 0 saturated carbocycles. The van der Waals surface area contributed by atoms with Crippen LogP contribution in [0.25, 0.3) is 0 Å². The Morgan fingerprint density at radius 3 is 3.00 bits per heavy atom. The van der Waals surface area contributed by atoms with Crippen LogP contribution in [-0.2, 0) is 17.9 Å². The van der Waals surface area contributed by atoms with Crippen molar-refractivity contribution in [2.45, 2.75) is 20.0 Å². The Kier molecular flexibility index (Phi) is 2.35. The summed E-state index contributed by atoms with van der Waals surface area (Å²) in [6, 6.07) is 0. The Morgan fingerprint density at radius 1 is 1.70 bits per heavy atom. The summed E-state index contributed by atoms with van der Waals surface area (Å²) in [5, 5.41) is 3.59. The number of nitrogens with two attached hydrogens (primary N) is 1.